The van der Waals surface area contributed by atoms with Crippen molar-refractivity contribution in [1.82, 2.24) is 5.32 Å². The first-order chi connectivity index (χ1) is 15.0. The van der Waals surface area contributed by atoms with Gasteiger partial charge in [-0.3, -0.25) is 0 Å². The third-order valence-electron chi connectivity index (χ3n) is 6.61. The highest BCUT2D eigenvalue weighted by Gasteiger charge is 2.37. The minimum absolute atomic E-state index is 0.0337. The number of ether oxygens (including phenoxy) is 1. The molecule has 0 bridgehead atoms. The Bertz CT molecular complexity index is 937. The minimum Gasteiger partial charge on any atom is -0.480 e. The van der Waals surface area contributed by atoms with Gasteiger partial charge in [-0.15, -0.1) is 0 Å². The van der Waals surface area contributed by atoms with Crippen molar-refractivity contribution < 1.29 is 23.9 Å². The number of carbonyl (C=O) groups excluding carboxylic acids is 1. The third kappa shape index (κ3) is 5.22. The lowest BCUT2D eigenvalue weighted by atomic mass is 9.98. The summed E-state index contributed by atoms with van der Waals surface area (Å²) in [5.74, 6) is -1.17. The molecule has 1 amide bonds. The topological polar surface area (TPSA) is 84.9 Å². The lowest BCUT2D eigenvalue weighted by molar-refractivity contribution is -0.139. The molecule has 0 aromatic heterocycles. The molecule has 1 unspecified atom stereocenters. The molecule has 1 atom stereocenters. The SMILES string of the molecule is CC(C)(C)[Si](C)(C)OCCC(NC(=O)OCC1c2ccccc2-c2ccccc21)C(=O)O. The molecule has 0 saturated heterocycles. The summed E-state index contributed by atoms with van der Waals surface area (Å²) in [5, 5.41) is 12.1. The van der Waals surface area contributed by atoms with Crippen LogP contribution in [-0.2, 0) is 14.0 Å². The molecule has 172 valence electrons. The van der Waals surface area contributed by atoms with Crippen LogP contribution in [0.2, 0.25) is 18.1 Å². The van der Waals surface area contributed by atoms with E-state index in [9.17, 15) is 14.7 Å². The Hall–Kier alpha value is -2.64. The van der Waals surface area contributed by atoms with Gasteiger partial charge >= 0.3 is 12.1 Å². The maximum Gasteiger partial charge on any atom is 0.407 e. The number of alkyl carbamates (subject to hydrolysis) is 1. The Kier molecular flexibility index (Phi) is 7.10. The van der Waals surface area contributed by atoms with Crippen molar-refractivity contribution in [3.8, 4) is 11.1 Å². The molecule has 1 aliphatic carbocycles. The molecular weight excluding hydrogens is 422 g/mol. The first-order valence-electron chi connectivity index (χ1n) is 11.0. The number of carboxylic acids is 1. The number of hydrogen-bond donors (Lipinski definition) is 2. The van der Waals surface area contributed by atoms with E-state index >= 15 is 0 Å². The molecule has 6 nitrogen and oxygen atoms in total. The second-order valence-electron chi connectivity index (χ2n) is 9.76. The van der Waals surface area contributed by atoms with Crippen molar-refractivity contribution in [2.45, 2.75) is 57.3 Å². The molecule has 7 heteroatoms. The van der Waals surface area contributed by atoms with Crippen molar-refractivity contribution in [3.05, 3.63) is 59.7 Å². The van der Waals surface area contributed by atoms with Gasteiger partial charge in [0.1, 0.15) is 12.6 Å². The van der Waals surface area contributed by atoms with Crippen molar-refractivity contribution >= 4 is 20.4 Å². The highest BCUT2D eigenvalue weighted by Crippen LogP contribution is 2.44. The summed E-state index contributed by atoms with van der Waals surface area (Å²) in [7, 11) is -1.98. The van der Waals surface area contributed by atoms with Gasteiger partial charge in [0.25, 0.3) is 0 Å². The van der Waals surface area contributed by atoms with Crippen LogP contribution < -0.4 is 5.32 Å². The van der Waals surface area contributed by atoms with Gasteiger partial charge in [-0.2, -0.15) is 0 Å². The third-order valence-corrected chi connectivity index (χ3v) is 11.1. The van der Waals surface area contributed by atoms with E-state index < -0.39 is 26.4 Å². The lowest BCUT2D eigenvalue weighted by Gasteiger charge is -2.36. The molecule has 0 heterocycles. The first-order valence-corrected chi connectivity index (χ1v) is 13.9. The Morgan fingerprint density at radius 1 is 1.03 bits per heavy atom. The van der Waals surface area contributed by atoms with Crippen LogP contribution >= 0.6 is 0 Å². The van der Waals surface area contributed by atoms with Gasteiger partial charge in [0, 0.05) is 18.9 Å². The van der Waals surface area contributed by atoms with E-state index in [0.717, 1.165) is 22.3 Å². The fraction of sp³-hybridized carbons (Fsp3) is 0.440. The Morgan fingerprint density at radius 2 is 1.56 bits per heavy atom. The number of aliphatic carboxylic acids is 1. The molecule has 3 rings (SSSR count). The fourth-order valence-corrected chi connectivity index (χ4v) is 4.75. The van der Waals surface area contributed by atoms with Crippen LogP contribution in [0.4, 0.5) is 4.79 Å². The van der Waals surface area contributed by atoms with Crippen molar-refractivity contribution in [2.24, 2.45) is 0 Å². The van der Waals surface area contributed by atoms with E-state index in [0.29, 0.717) is 0 Å². The number of amides is 1. The highest BCUT2D eigenvalue weighted by atomic mass is 28.4. The number of carboxylic acid groups (broad SMARTS) is 1. The molecule has 2 aromatic carbocycles. The molecular formula is C25H33NO5Si. The largest absolute Gasteiger partial charge is 0.480 e. The van der Waals surface area contributed by atoms with Gasteiger partial charge in [0.05, 0.1) is 0 Å². The molecule has 0 aliphatic heterocycles. The normalized spacial score (nSPS) is 14.4. The van der Waals surface area contributed by atoms with Crippen LogP contribution in [0.5, 0.6) is 0 Å². The van der Waals surface area contributed by atoms with Crippen molar-refractivity contribution in [2.75, 3.05) is 13.2 Å². The van der Waals surface area contributed by atoms with E-state index in [2.05, 4.69) is 51.3 Å². The quantitative estimate of drug-likeness (QED) is 0.521. The van der Waals surface area contributed by atoms with E-state index in [-0.39, 0.29) is 30.6 Å². The summed E-state index contributed by atoms with van der Waals surface area (Å²) >= 11 is 0. The van der Waals surface area contributed by atoms with E-state index in [1.165, 1.54) is 0 Å². The van der Waals surface area contributed by atoms with Crippen LogP contribution in [0.25, 0.3) is 11.1 Å². The summed E-state index contributed by atoms with van der Waals surface area (Å²) in [6.45, 7) is 11.0. The maximum absolute atomic E-state index is 12.4. The molecule has 1 aliphatic rings. The number of fused-ring (bicyclic) bond motifs is 3. The molecule has 0 fully saturated rings. The Morgan fingerprint density at radius 3 is 2.06 bits per heavy atom. The lowest BCUT2D eigenvalue weighted by Crippen LogP contribution is -2.45. The Labute approximate surface area is 191 Å². The predicted octanol–water partition coefficient (Wildman–Crippen LogP) is 5.39. The summed E-state index contributed by atoms with van der Waals surface area (Å²) in [6.07, 6.45) is -0.543. The van der Waals surface area contributed by atoms with Gasteiger partial charge in [-0.25, -0.2) is 9.59 Å². The monoisotopic (exact) mass is 455 g/mol. The number of rotatable bonds is 8. The van der Waals surface area contributed by atoms with Gasteiger partial charge in [0.2, 0.25) is 0 Å². The summed E-state index contributed by atoms with van der Waals surface area (Å²) in [6, 6.07) is 15.1. The smallest absolute Gasteiger partial charge is 0.407 e. The van der Waals surface area contributed by atoms with Crippen molar-refractivity contribution in [3.63, 3.8) is 0 Å². The standard InChI is InChI=1S/C25H33NO5Si/c1-25(2,3)32(4,5)31-15-14-22(23(27)28)26-24(29)30-16-21-19-12-8-6-10-17(19)18-11-7-9-13-20(18)21/h6-13,21-22H,14-16H2,1-5H3,(H,26,29)(H,27,28). The molecule has 0 saturated carbocycles. The van der Waals surface area contributed by atoms with E-state index in [1.54, 1.807) is 0 Å². The van der Waals surface area contributed by atoms with Crippen LogP contribution in [-0.4, -0.2) is 44.7 Å². The summed E-state index contributed by atoms with van der Waals surface area (Å²) in [4.78, 5) is 24.1. The van der Waals surface area contributed by atoms with Gasteiger partial charge < -0.3 is 19.6 Å². The molecule has 2 aromatic rings. The first kappa shape index (κ1) is 24.0. The minimum atomic E-state index is -1.98. The summed E-state index contributed by atoms with van der Waals surface area (Å²) in [5.41, 5.74) is 4.50. The zero-order valence-electron chi connectivity index (χ0n) is 19.5. The number of nitrogens with one attached hydrogen (secondary N) is 1. The van der Waals surface area contributed by atoms with Crippen LogP contribution in [0, 0.1) is 0 Å². The number of hydrogen-bond acceptors (Lipinski definition) is 4. The van der Waals surface area contributed by atoms with E-state index in [4.69, 9.17) is 9.16 Å². The van der Waals surface area contributed by atoms with Gasteiger partial charge in [-0.05, 0) is 40.4 Å². The van der Waals surface area contributed by atoms with E-state index in [1.807, 2.05) is 36.4 Å². The zero-order chi connectivity index (χ0) is 23.5. The Balaban J connectivity index is 1.58. The molecule has 0 radical (unpaired) electrons. The summed E-state index contributed by atoms with van der Waals surface area (Å²) < 4.78 is 11.5. The van der Waals surface area contributed by atoms with Crippen LogP contribution in [0.15, 0.2) is 48.5 Å². The second-order valence-corrected chi connectivity index (χ2v) is 14.6. The second kappa shape index (κ2) is 9.46. The zero-order valence-corrected chi connectivity index (χ0v) is 20.5. The number of carbonyl (C=O) groups is 2. The van der Waals surface area contributed by atoms with Crippen LogP contribution in [0.3, 0.4) is 0 Å². The average Bonchev–Trinajstić information content (AvgIpc) is 3.04. The maximum atomic E-state index is 12.4. The molecule has 2 N–H and O–H groups in total. The average molecular weight is 456 g/mol. The number of benzene rings is 2. The van der Waals surface area contributed by atoms with Gasteiger partial charge in [-0.1, -0.05) is 69.3 Å². The predicted molar refractivity (Wildman–Crippen MR) is 127 cm³/mol. The molecule has 32 heavy (non-hydrogen) atoms. The highest BCUT2D eigenvalue weighted by molar-refractivity contribution is 6.74. The van der Waals surface area contributed by atoms with Gasteiger partial charge in [0.15, 0.2) is 8.32 Å². The fourth-order valence-electron chi connectivity index (χ4n) is 3.69. The van der Waals surface area contributed by atoms with Crippen LogP contribution in [0.1, 0.15) is 44.2 Å². The van der Waals surface area contributed by atoms with Crippen molar-refractivity contribution in [1.29, 1.82) is 0 Å². The molecule has 0 spiro atoms.